The van der Waals surface area contributed by atoms with Crippen LogP contribution in [0.1, 0.15) is 43.8 Å². The van der Waals surface area contributed by atoms with Gasteiger partial charge in [0.25, 0.3) is 0 Å². The number of aromatic nitrogens is 2. The lowest BCUT2D eigenvalue weighted by molar-refractivity contribution is -0.159. The molecule has 2 heterocycles. The molecule has 1 N–H and O–H groups in total. The first-order chi connectivity index (χ1) is 13.5. The molecule has 0 aliphatic rings. The number of rotatable bonds is 7. The molecule has 0 spiro atoms. The first-order valence-corrected chi connectivity index (χ1v) is 11.9. The summed E-state index contributed by atoms with van der Waals surface area (Å²) in [5, 5.41) is 17.7. The lowest BCUT2D eigenvalue weighted by Crippen LogP contribution is -2.31. The van der Waals surface area contributed by atoms with Crippen LogP contribution in [-0.4, -0.2) is 40.6 Å². The van der Waals surface area contributed by atoms with E-state index in [9.17, 15) is 18.4 Å². The summed E-state index contributed by atoms with van der Waals surface area (Å²) in [5.74, 6) is -0.591. The average molecular weight is 436 g/mol. The van der Waals surface area contributed by atoms with Gasteiger partial charge in [-0.05, 0) is 56.2 Å². The van der Waals surface area contributed by atoms with Gasteiger partial charge in [0.2, 0.25) is 6.41 Å². The zero-order chi connectivity index (χ0) is 21.4. The molecule has 156 valence electrons. The van der Waals surface area contributed by atoms with Gasteiger partial charge in [-0.25, -0.2) is 13.5 Å². The standard InChI is InChI=1S/C20H25N3O4S2/c1-14-9-17(21-23(14)20(2,3)4)18(22(25)13-24)12-29(26,27)11-15-10-28-19-8-6-5-7-16(15)19/h5-10,13,18,25H,11-12H2,1-4H3/t18-/m1/s1. The van der Waals surface area contributed by atoms with Gasteiger partial charge in [0.05, 0.1) is 22.7 Å². The number of nitrogens with zero attached hydrogens (tertiary/aromatic N) is 3. The van der Waals surface area contributed by atoms with Crippen LogP contribution in [0.15, 0.2) is 35.7 Å². The van der Waals surface area contributed by atoms with E-state index in [-0.39, 0.29) is 17.7 Å². The van der Waals surface area contributed by atoms with Gasteiger partial charge in [0, 0.05) is 10.4 Å². The molecule has 7 nitrogen and oxygen atoms in total. The van der Waals surface area contributed by atoms with Crippen molar-refractivity contribution in [1.29, 1.82) is 0 Å². The molecule has 1 amide bonds. The van der Waals surface area contributed by atoms with Crippen molar-refractivity contribution < 1.29 is 18.4 Å². The monoisotopic (exact) mass is 435 g/mol. The van der Waals surface area contributed by atoms with E-state index in [1.54, 1.807) is 10.7 Å². The molecule has 0 aliphatic heterocycles. The minimum atomic E-state index is -3.64. The third-order valence-corrected chi connectivity index (χ3v) is 7.25. The lowest BCUT2D eigenvalue weighted by atomic mass is 10.1. The molecule has 3 rings (SSSR count). The van der Waals surface area contributed by atoms with E-state index < -0.39 is 21.6 Å². The van der Waals surface area contributed by atoms with Crippen LogP contribution in [0.5, 0.6) is 0 Å². The highest BCUT2D eigenvalue weighted by molar-refractivity contribution is 7.90. The van der Waals surface area contributed by atoms with E-state index in [0.717, 1.165) is 21.3 Å². The van der Waals surface area contributed by atoms with E-state index in [1.807, 2.05) is 57.3 Å². The number of aryl methyl sites for hydroxylation is 1. The van der Waals surface area contributed by atoms with E-state index >= 15 is 0 Å². The largest absolute Gasteiger partial charge is 0.285 e. The van der Waals surface area contributed by atoms with Crippen molar-refractivity contribution in [1.82, 2.24) is 14.8 Å². The zero-order valence-corrected chi connectivity index (χ0v) is 18.5. The van der Waals surface area contributed by atoms with E-state index in [4.69, 9.17) is 0 Å². The number of carbonyl (C=O) groups is 1. The minimum Gasteiger partial charge on any atom is -0.285 e. The predicted octanol–water partition coefficient (Wildman–Crippen LogP) is 3.66. The number of sulfone groups is 1. The Balaban J connectivity index is 1.91. The highest BCUT2D eigenvalue weighted by Crippen LogP contribution is 2.29. The fraction of sp³-hybridized carbons (Fsp3) is 0.400. The van der Waals surface area contributed by atoms with Gasteiger partial charge in [0.1, 0.15) is 6.04 Å². The highest BCUT2D eigenvalue weighted by atomic mass is 32.2. The highest BCUT2D eigenvalue weighted by Gasteiger charge is 2.30. The number of carbonyl (C=O) groups excluding carboxylic acids is 1. The topological polar surface area (TPSA) is 92.5 Å². The van der Waals surface area contributed by atoms with E-state index in [1.165, 1.54) is 11.3 Å². The second kappa shape index (κ2) is 7.89. The molecule has 3 aromatic rings. The minimum absolute atomic E-state index is 0.167. The maximum atomic E-state index is 13.0. The van der Waals surface area contributed by atoms with Gasteiger partial charge in [-0.15, -0.1) is 11.3 Å². The molecule has 29 heavy (non-hydrogen) atoms. The van der Waals surface area contributed by atoms with Gasteiger partial charge in [-0.2, -0.15) is 5.10 Å². The Bertz CT molecular complexity index is 1130. The van der Waals surface area contributed by atoms with Crippen molar-refractivity contribution in [3.8, 4) is 0 Å². The van der Waals surface area contributed by atoms with Crippen molar-refractivity contribution in [3.63, 3.8) is 0 Å². The molecule has 0 radical (unpaired) electrons. The molecule has 1 atom stereocenters. The van der Waals surface area contributed by atoms with Crippen LogP contribution < -0.4 is 0 Å². The summed E-state index contributed by atoms with van der Waals surface area (Å²) >= 11 is 1.49. The van der Waals surface area contributed by atoms with Crippen LogP contribution in [-0.2, 0) is 25.9 Å². The van der Waals surface area contributed by atoms with Gasteiger partial charge >= 0.3 is 0 Å². The fourth-order valence-electron chi connectivity index (χ4n) is 3.39. The maximum Gasteiger partial charge on any atom is 0.233 e. The van der Waals surface area contributed by atoms with Crippen LogP contribution in [0.3, 0.4) is 0 Å². The fourth-order valence-corrected chi connectivity index (χ4v) is 6.10. The van der Waals surface area contributed by atoms with Crippen LogP contribution in [0, 0.1) is 6.92 Å². The smallest absolute Gasteiger partial charge is 0.233 e. The first-order valence-electron chi connectivity index (χ1n) is 9.17. The quantitative estimate of drug-likeness (QED) is 0.347. The van der Waals surface area contributed by atoms with Gasteiger partial charge in [-0.3, -0.25) is 14.7 Å². The SMILES string of the molecule is Cc1cc([C@@H](CS(=O)(=O)Cc2csc3ccccc23)N(O)C=O)nn1C(C)(C)C. The molecule has 0 aliphatic carbocycles. The Morgan fingerprint density at radius 1 is 1.31 bits per heavy atom. The third-order valence-electron chi connectivity index (χ3n) is 4.66. The molecular weight excluding hydrogens is 410 g/mol. The summed E-state index contributed by atoms with van der Waals surface area (Å²) in [7, 11) is -3.64. The number of amides is 1. The van der Waals surface area contributed by atoms with Crippen molar-refractivity contribution in [2.75, 3.05) is 5.75 Å². The predicted molar refractivity (Wildman–Crippen MR) is 114 cm³/mol. The van der Waals surface area contributed by atoms with Crippen molar-refractivity contribution in [2.24, 2.45) is 0 Å². The van der Waals surface area contributed by atoms with E-state index in [2.05, 4.69) is 5.10 Å². The molecule has 0 bridgehead atoms. The van der Waals surface area contributed by atoms with Crippen LogP contribution in [0.4, 0.5) is 0 Å². The molecule has 2 aromatic heterocycles. The Morgan fingerprint density at radius 3 is 2.62 bits per heavy atom. The summed E-state index contributed by atoms with van der Waals surface area (Å²) in [6.45, 7) is 7.77. The molecular formula is C20H25N3O4S2. The van der Waals surface area contributed by atoms with Crippen molar-refractivity contribution in [2.45, 2.75) is 45.0 Å². The van der Waals surface area contributed by atoms with Crippen molar-refractivity contribution in [3.05, 3.63) is 52.7 Å². The molecule has 0 saturated heterocycles. The zero-order valence-electron chi connectivity index (χ0n) is 16.9. The molecule has 1 aromatic carbocycles. The number of fused-ring (bicyclic) bond motifs is 1. The Labute approximate surface area is 174 Å². The number of hydrogen-bond acceptors (Lipinski definition) is 6. The number of hydroxylamine groups is 2. The number of thiophene rings is 1. The summed E-state index contributed by atoms with van der Waals surface area (Å²) < 4.78 is 28.7. The van der Waals surface area contributed by atoms with Crippen molar-refractivity contribution >= 4 is 37.7 Å². The normalized spacial score (nSPS) is 13.6. The number of benzene rings is 1. The Hall–Kier alpha value is -2.23. The van der Waals surface area contributed by atoms with E-state index in [0.29, 0.717) is 10.8 Å². The molecule has 0 saturated carbocycles. The molecule has 0 unspecified atom stereocenters. The number of hydrogen-bond donors (Lipinski definition) is 1. The summed E-state index contributed by atoms with van der Waals surface area (Å²) in [6.07, 6.45) is 0.214. The molecule has 0 fully saturated rings. The second-order valence-corrected chi connectivity index (χ2v) is 11.1. The Morgan fingerprint density at radius 2 is 2.00 bits per heavy atom. The van der Waals surface area contributed by atoms with Gasteiger partial charge in [0.15, 0.2) is 9.84 Å². The third kappa shape index (κ3) is 4.68. The van der Waals surface area contributed by atoms with Crippen LogP contribution >= 0.6 is 11.3 Å². The van der Waals surface area contributed by atoms with Crippen LogP contribution in [0.25, 0.3) is 10.1 Å². The maximum absolute atomic E-state index is 13.0. The first kappa shape index (κ1) is 21.5. The summed E-state index contributed by atoms with van der Waals surface area (Å²) in [5.41, 5.74) is 1.56. The van der Waals surface area contributed by atoms with Gasteiger partial charge < -0.3 is 0 Å². The molecule has 9 heteroatoms. The Kier molecular flexibility index (Phi) is 5.84. The summed E-state index contributed by atoms with van der Waals surface area (Å²) in [6, 6.07) is 8.25. The van der Waals surface area contributed by atoms with Crippen LogP contribution in [0.2, 0.25) is 0 Å². The lowest BCUT2D eigenvalue weighted by Gasteiger charge is -2.23. The second-order valence-electron chi connectivity index (χ2n) is 8.11. The van der Waals surface area contributed by atoms with Gasteiger partial charge in [-0.1, -0.05) is 18.2 Å². The summed E-state index contributed by atoms with van der Waals surface area (Å²) in [4.78, 5) is 11.2. The average Bonchev–Trinajstić information content (AvgIpc) is 3.22.